The summed E-state index contributed by atoms with van der Waals surface area (Å²) >= 11 is 0. The van der Waals surface area contributed by atoms with Crippen molar-refractivity contribution in [3.05, 3.63) is 29.6 Å². The lowest BCUT2D eigenvalue weighted by atomic mass is 10.1. The lowest BCUT2D eigenvalue weighted by molar-refractivity contribution is -0.156. The Kier molecular flexibility index (Phi) is 3.78. The monoisotopic (exact) mass is 255 g/mol. The largest absolute Gasteiger partial charge is 0.505 e. The predicted octanol–water partition coefficient (Wildman–Crippen LogP) is 0.817. The van der Waals surface area contributed by atoms with Crippen LogP contribution in [0.25, 0.3) is 0 Å². The van der Waals surface area contributed by atoms with E-state index >= 15 is 0 Å². The number of halogens is 1. The molecule has 5 nitrogen and oxygen atoms in total. The van der Waals surface area contributed by atoms with Crippen LogP contribution in [0.2, 0.25) is 0 Å². The van der Waals surface area contributed by atoms with E-state index in [-0.39, 0.29) is 12.3 Å². The van der Waals surface area contributed by atoms with Crippen molar-refractivity contribution in [2.75, 3.05) is 19.7 Å². The van der Waals surface area contributed by atoms with E-state index in [4.69, 9.17) is 14.9 Å². The van der Waals surface area contributed by atoms with E-state index in [1.165, 1.54) is 12.1 Å². The molecule has 2 rings (SSSR count). The molecule has 0 radical (unpaired) electrons. The number of carbonyl (C=O) groups is 1. The summed E-state index contributed by atoms with van der Waals surface area (Å²) in [5, 5.41) is 17.9. The molecule has 98 valence electrons. The van der Waals surface area contributed by atoms with Crippen molar-refractivity contribution in [2.24, 2.45) is 0 Å². The number of carboxylic acids is 1. The van der Waals surface area contributed by atoms with E-state index in [2.05, 4.69) is 0 Å². The molecule has 1 aliphatic rings. The molecule has 0 saturated carbocycles. The van der Waals surface area contributed by atoms with E-state index < -0.39 is 17.9 Å². The van der Waals surface area contributed by atoms with Gasteiger partial charge in [0.2, 0.25) is 0 Å². The number of hydrogen-bond acceptors (Lipinski definition) is 4. The maximum atomic E-state index is 13.2. The number of aliphatic carboxylic acids is 1. The number of rotatable bonds is 3. The zero-order valence-electron chi connectivity index (χ0n) is 9.67. The third kappa shape index (κ3) is 2.96. The smallest absolute Gasteiger partial charge is 0.334 e. The zero-order valence-corrected chi connectivity index (χ0v) is 9.67. The molecule has 1 aliphatic heterocycles. The molecule has 2 N–H and O–H groups in total. The van der Waals surface area contributed by atoms with E-state index in [1.807, 2.05) is 4.90 Å². The predicted molar refractivity (Wildman–Crippen MR) is 60.7 cm³/mol. The average molecular weight is 255 g/mol. The Bertz CT molecular complexity index is 452. The van der Waals surface area contributed by atoms with Crippen molar-refractivity contribution in [1.82, 2.24) is 4.90 Å². The van der Waals surface area contributed by atoms with E-state index in [1.54, 1.807) is 6.07 Å². The molecule has 1 atom stereocenters. The number of aromatic hydroxyl groups is 1. The zero-order chi connectivity index (χ0) is 13.1. The second-order valence-corrected chi connectivity index (χ2v) is 4.22. The van der Waals surface area contributed by atoms with Gasteiger partial charge in [0.05, 0.1) is 6.61 Å². The summed E-state index contributed by atoms with van der Waals surface area (Å²) in [5.74, 6) is -2.05. The summed E-state index contributed by atoms with van der Waals surface area (Å²) in [6.07, 6.45) is -0.833. The standard InChI is InChI=1S/C12H14FNO4/c13-9-5-8(1-2-10(9)15)6-14-3-4-18-11(7-14)12(16)17/h1-2,5,11,15H,3-4,6-7H2,(H,16,17). The third-order valence-corrected chi connectivity index (χ3v) is 2.84. The van der Waals surface area contributed by atoms with Gasteiger partial charge in [-0.3, -0.25) is 4.90 Å². The van der Waals surface area contributed by atoms with Gasteiger partial charge in [-0.2, -0.15) is 0 Å². The van der Waals surface area contributed by atoms with Gasteiger partial charge in [0.15, 0.2) is 17.7 Å². The first-order chi connectivity index (χ1) is 8.56. The fourth-order valence-corrected chi connectivity index (χ4v) is 1.90. The van der Waals surface area contributed by atoms with Crippen LogP contribution < -0.4 is 0 Å². The maximum Gasteiger partial charge on any atom is 0.334 e. The quantitative estimate of drug-likeness (QED) is 0.836. The molecular weight excluding hydrogens is 241 g/mol. The number of benzene rings is 1. The van der Waals surface area contributed by atoms with Gasteiger partial charge in [-0.25, -0.2) is 9.18 Å². The molecule has 0 bridgehead atoms. The van der Waals surface area contributed by atoms with E-state index in [0.29, 0.717) is 25.3 Å². The van der Waals surface area contributed by atoms with Crippen LogP contribution in [0.1, 0.15) is 5.56 Å². The van der Waals surface area contributed by atoms with Gasteiger partial charge < -0.3 is 14.9 Å². The van der Waals surface area contributed by atoms with Crippen molar-refractivity contribution in [2.45, 2.75) is 12.6 Å². The summed E-state index contributed by atoms with van der Waals surface area (Å²) < 4.78 is 18.2. The van der Waals surface area contributed by atoms with Crippen molar-refractivity contribution in [3.8, 4) is 5.75 Å². The maximum absolute atomic E-state index is 13.2. The Labute approximate surface area is 103 Å². The Morgan fingerprint density at radius 2 is 2.33 bits per heavy atom. The molecule has 1 heterocycles. The summed E-state index contributed by atoms with van der Waals surface area (Å²) in [6, 6.07) is 4.16. The summed E-state index contributed by atoms with van der Waals surface area (Å²) in [6.45, 7) is 1.66. The number of nitrogens with zero attached hydrogens (tertiary/aromatic N) is 1. The Morgan fingerprint density at radius 3 is 3.00 bits per heavy atom. The van der Waals surface area contributed by atoms with Gasteiger partial charge in [0, 0.05) is 19.6 Å². The second kappa shape index (κ2) is 5.32. The molecule has 0 spiro atoms. The molecule has 1 saturated heterocycles. The first kappa shape index (κ1) is 12.8. The van der Waals surface area contributed by atoms with Crippen LogP contribution >= 0.6 is 0 Å². The van der Waals surface area contributed by atoms with Crippen molar-refractivity contribution < 1.29 is 24.1 Å². The van der Waals surface area contributed by atoms with Gasteiger partial charge in [-0.15, -0.1) is 0 Å². The summed E-state index contributed by atoms with van der Waals surface area (Å²) in [4.78, 5) is 12.7. The minimum atomic E-state index is -0.989. The normalized spacial score (nSPS) is 20.8. The molecule has 1 unspecified atom stereocenters. The minimum Gasteiger partial charge on any atom is -0.505 e. The average Bonchev–Trinajstić information content (AvgIpc) is 2.34. The Hall–Kier alpha value is -1.66. The van der Waals surface area contributed by atoms with Gasteiger partial charge in [0.1, 0.15) is 0 Å². The van der Waals surface area contributed by atoms with Crippen LogP contribution in [0.5, 0.6) is 5.75 Å². The van der Waals surface area contributed by atoms with Gasteiger partial charge >= 0.3 is 5.97 Å². The molecular formula is C12H14FNO4. The molecule has 6 heteroatoms. The molecule has 0 amide bonds. The summed E-state index contributed by atoms with van der Waals surface area (Å²) in [5.41, 5.74) is 0.691. The van der Waals surface area contributed by atoms with Gasteiger partial charge in [0.25, 0.3) is 0 Å². The molecule has 0 aromatic heterocycles. The number of carboxylic acid groups (broad SMARTS) is 1. The van der Waals surface area contributed by atoms with Crippen LogP contribution in [-0.4, -0.2) is 46.9 Å². The van der Waals surface area contributed by atoms with Crippen LogP contribution in [-0.2, 0) is 16.1 Å². The molecule has 1 fully saturated rings. The second-order valence-electron chi connectivity index (χ2n) is 4.22. The highest BCUT2D eigenvalue weighted by molar-refractivity contribution is 5.72. The number of phenolic OH excluding ortho intramolecular Hbond substituents is 1. The number of morpholine rings is 1. The topological polar surface area (TPSA) is 70.0 Å². The van der Waals surface area contributed by atoms with Gasteiger partial charge in [-0.1, -0.05) is 6.07 Å². The highest BCUT2D eigenvalue weighted by Crippen LogP contribution is 2.18. The van der Waals surface area contributed by atoms with Gasteiger partial charge in [-0.05, 0) is 17.7 Å². The SMILES string of the molecule is O=C(O)C1CN(Cc2ccc(O)c(F)c2)CCO1. The van der Waals surface area contributed by atoms with Crippen LogP contribution in [0.3, 0.4) is 0 Å². The Balaban J connectivity index is 2.00. The fourth-order valence-electron chi connectivity index (χ4n) is 1.90. The number of ether oxygens (including phenoxy) is 1. The van der Waals surface area contributed by atoms with Crippen LogP contribution in [0.15, 0.2) is 18.2 Å². The van der Waals surface area contributed by atoms with Crippen LogP contribution in [0.4, 0.5) is 4.39 Å². The van der Waals surface area contributed by atoms with Crippen molar-refractivity contribution in [1.29, 1.82) is 0 Å². The van der Waals surface area contributed by atoms with E-state index in [0.717, 1.165) is 0 Å². The lowest BCUT2D eigenvalue weighted by Crippen LogP contribution is -2.45. The molecule has 0 aliphatic carbocycles. The molecule has 18 heavy (non-hydrogen) atoms. The number of hydrogen-bond donors (Lipinski definition) is 2. The highest BCUT2D eigenvalue weighted by atomic mass is 19.1. The Morgan fingerprint density at radius 1 is 1.56 bits per heavy atom. The van der Waals surface area contributed by atoms with Crippen molar-refractivity contribution in [3.63, 3.8) is 0 Å². The highest BCUT2D eigenvalue weighted by Gasteiger charge is 2.26. The van der Waals surface area contributed by atoms with Crippen molar-refractivity contribution >= 4 is 5.97 Å². The third-order valence-electron chi connectivity index (χ3n) is 2.84. The molecule has 1 aromatic rings. The molecule has 1 aromatic carbocycles. The van der Waals surface area contributed by atoms with Crippen LogP contribution in [0, 0.1) is 5.82 Å². The minimum absolute atomic E-state index is 0.276. The first-order valence-corrected chi connectivity index (χ1v) is 5.60. The number of phenols is 1. The van der Waals surface area contributed by atoms with E-state index in [9.17, 15) is 9.18 Å². The summed E-state index contributed by atoms with van der Waals surface area (Å²) in [7, 11) is 0. The fraction of sp³-hybridized carbons (Fsp3) is 0.417. The lowest BCUT2D eigenvalue weighted by Gasteiger charge is -2.30. The first-order valence-electron chi connectivity index (χ1n) is 5.60.